The van der Waals surface area contributed by atoms with Crippen molar-refractivity contribution in [1.82, 2.24) is 0 Å². The molecule has 0 aromatic rings. The Morgan fingerprint density at radius 1 is 0.333 bits per heavy atom. The van der Waals surface area contributed by atoms with Crippen molar-refractivity contribution in [3.63, 3.8) is 0 Å². The summed E-state index contributed by atoms with van der Waals surface area (Å²) < 4.78 is 356. The smallest absolute Gasteiger partial charge is 0.460 e. The average molecular weight is 738 g/mol. The third-order valence-electron chi connectivity index (χ3n) is 4.95. The molecule has 0 amide bonds. The van der Waals surface area contributed by atoms with Gasteiger partial charge in [0.05, 0.1) is 0 Å². The van der Waals surface area contributed by atoms with E-state index in [2.05, 4.69) is 0 Å². The molecule has 2 nitrogen and oxygen atoms in total. The molecule has 0 saturated heterocycles. The summed E-state index contributed by atoms with van der Waals surface area (Å²) in [6.45, 7) is 0. The molecular weight excluding hydrogens is 737 g/mol. The lowest BCUT2D eigenvalue weighted by Gasteiger charge is -2.45. The van der Waals surface area contributed by atoms with E-state index in [0.717, 1.165) is 0 Å². The first-order valence-corrected chi connectivity index (χ1v) is 9.28. The van der Waals surface area contributed by atoms with Gasteiger partial charge in [-0.05, 0) is 0 Å². The van der Waals surface area contributed by atoms with Crippen LogP contribution < -0.4 is 0 Å². The van der Waals surface area contributed by atoms with Gasteiger partial charge in [-0.3, -0.25) is 0 Å². The van der Waals surface area contributed by atoms with E-state index in [0.29, 0.717) is 0 Å². The van der Waals surface area contributed by atoms with Crippen LogP contribution in [0.25, 0.3) is 0 Å². The summed E-state index contributed by atoms with van der Waals surface area (Å²) in [6, 6.07) is 0. The van der Waals surface area contributed by atoms with Gasteiger partial charge in [-0.25, -0.2) is 18.0 Å². The van der Waals surface area contributed by atoms with Crippen molar-refractivity contribution >= 4 is 5.97 Å². The molecule has 0 aliphatic heterocycles. The second kappa shape index (κ2) is 10.8. The van der Waals surface area contributed by atoms with Crippen molar-refractivity contribution in [2.45, 2.75) is 65.4 Å². The molecule has 0 atom stereocenters. The van der Waals surface area contributed by atoms with Crippen molar-refractivity contribution in [3.8, 4) is 0 Å². The maximum atomic E-state index is 13.7. The first-order valence-electron chi connectivity index (χ1n) is 9.28. The predicted molar refractivity (Wildman–Crippen MR) is 81.6 cm³/mol. The standard InChI is InChI=1S/C16HF27O2/c17-1(3(19)5(44)45)2(18)4(20)6(21,22)7(23,24)8(25,26)9(27,28)10(29,30)11(31,32)12(33,34)13(35,36)14(37,38)15(39,40)16(41,42)43/h(H,44,45)/b3-1+,4-2+. The van der Waals surface area contributed by atoms with Gasteiger partial charge < -0.3 is 5.11 Å². The molecule has 0 aliphatic carbocycles. The number of carboxylic acid groups (broad SMARTS) is 1. The Kier molecular flexibility index (Phi) is 10.1. The highest BCUT2D eigenvalue weighted by molar-refractivity contribution is 5.85. The molecule has 29 heteroatoms. The summed E-state index contributed by atoms with van der Waals surface area (Å²) in [4.78, 5) is 9.97. The second-order valence-corrected chi connectivity index (χ2v) is 7.80. The molecule has 0 radical (unpaired) electrons. The minimum absolute atomic E-state index is 3.47. The van der Waals surface area contributed by atoms with Gasteiger partial charge in [0.25, 0.3) is 0 Å². The number of carbonyl (C=O) groups is 1. The van der Waals surface area contributed by atoms with E-state index in [4.69, 9.17) is 5.11 Å². The van der Waals surface area contributed by atoms with Crippen LogP contribution in [-0.2, 0) is 4.79 Å². The highest BCUT2D eigenvalue weighted by atomic mass is 19.4. The lowest BCUT2D eigenvalue weighted by atomic mass is 9.85. The number of rotatable bonds is 12. The van der Waals surface area contributed by atoms with Crippen LogP contribution in [-0.4, -0.2) is 76.5 Å². The minimum atomic E-state index is -9.75. The number of aliphatic carboxylic acids is 1. The summed E-state index contributed by atoms with van der Waals surface area (Å²) in [5.74, 6) is -115. The Bertz CT molecular complexity index is 1220. The average Bonchev–Trinajstić information content (AvgIpc) is 2.84. The molecule has 0 spiro atoms. The van der Waals surface area contributed by atoms with Crippen LogP contribution in [0.3, 0.4) is 0 Å². The number of halogens is 27. The lowest BCUT2D eigenvalue weighted by Crippen LogP contribution is -2.77. The number of hydrogen-bond acceptors (Lipinski definition) is 1. The molecule has 0 rings (SSSR count). The van der Waals surface area contributed by atoms with Crippen LogP contribution in [0.15, 0.2) is 23.3 Å². The van der Waals surface area contributed by atoms with E-state index in [9.17, 15) is 123 Å². The van der Waals surface area contributed by atoms with Crippen molar-refractivity contribution in [2.75, 3.05) is 0 Å². The number of alkyl halides is 23. The Labute approximate surface area is 224 Å². The maximum Gasteiger partial charge on any atom is 0.460 e. The minimum Gasteiger partial charge on any atom is -0.476 e. The SMILES string of the molecule is O=C(O)/C(F)=C(F)/C(F)=C(\F)C(F)(F)C(F)(F)C(F)(F)C(F)(F)C(F)(F)C(F)(F)C(F)(F)C(F)(F)C(F)(F)C(F)(F)C(F)(F)F. The van der Waals surface area contributed by atoms with Gasteiger partial charge in [-0.2, -0.15) is 105 Å². The largest absolute Gasteiger partial charge is 0.476 e. The molecule has 0 aromatic heterocycles. The fourth-order valence-electron chi connectivity index (χ4n) is 2.32. The third kappa shape index (κ3) is 5.27. The molecule has 0 aromatic carbocycles. The fourth-order valence-corrected chi connectivity index (χ4v) is 2.32. The molecule has 0 heterocycles. The normalized spacial score (nSPS) is 17.2. The Morgan fingerprint density at radius 3 is 0.778 bits per heavy atom. The molecule has 266 valence electrons. The number of hydrogen-bond donors (Lipinski definition) is 1. The van der Waals surface area contributed by atoms with E-state index in [1.807, 2.05) is 0 Å². The Morgan fingerprint density at radius 2 is 0.556 bits per heavy atom. The Balaban J connectivity index is 7.51. The van der Waals surface area contributed by atoms with Gasteiger partial charge in [0.1, 0.15) is 0 Å². The number of carboxylic acids is 1. The van der Waals surface area contributed by atoms with Gasteiger partial charge >= 0.3 is 71.4 Å². The fraction of sp³-hybridized carbons (Fsp3) is 0.688. The van der Waals surface area contributed by atoms with Crippen molar-refractivity contribution < 1.29 is 128 Å². The van der Waals surface area contributed by atoms with E-state index in [1.54, 1.807) is 0 Å². The summed E-state index contributed by atoms with van der Waals surface area (Å²) in [7, 11) is 0. The molecule has 0 aliphatic rings. The van der Waals surface area contributed by atoms with Crippen LogP contribution in [0.4, 0.5) is 119 Å². The highest BCUT2D eigenvalue weighted by Gasteiger charge is 2.99. The summed E-state index contributed by atoms with van der Waals surface area (Å²) >= 11 is 0. The summed E-state index contributed by atoms with van der Waals surface area (Å²) in [6.07, 6.45) is -8.24. The monoisotopic (exact) mass is 738 g/mol. The molecule has 45 heavy (non-hydrogen) atoms. The third-order valence-corrected chi connectivity index (χ3v) is 4.95. The van der Waals surface area contributed by atoms with Crippen LogP contribution >= 0.6 is 0 Å². The topological polar surface area (TPSA) is 37.3 Å². The van der Waals surface area contributed by atoms with E-state index < -0.39 is 94.7 Å². The van der Waals surface area contributed by atoms with Crippen molar-refractivity contribution in [2.24, 2.45) is 0 Å². The molecule has 0 unspecified atom stereocenters. The predicted octanol–water partition coefficient (Wildman–Crippen LogP) is 9.29. The first kappa shape index (κ1) is 42.1. The van der Waals surface area contributed by atoms with E-state index in [-0.39, 0.29) is 0 Å². The van der Waals surface area contributed by atoms with Gasteiger partial charge in [0.15, 0.2) is 5.83 Å². The van der Waals surface area contributed by atoms with Crippen LogP contribution in [0.5, 0.6) is 0 Å². The molecule has 0 saturated carbocycles. The second-order valence-electron chi connectivity index (χ2n) is 7.80. The zero-order valence-electron chi connectivity index (χ0n) is 19.1. The van der Waals surface area contributed by atoms with Gasteiger partial charge in [0, 0.05) is 0 Å². The molecular formula is C16HF27O2. The van der Waals surface area contributed by atoms with Gasteiger partial charge in [-0.1, -0.05) is 0 Å². The Hall–Kier alpha value is -2.94. The van der Waals surface area contributed by atoms with Gasteiger partial charge in [-0.15, -0.1) is 0 Å². The molecule has 0 bridgehead atoms. The van der Waals surface area contributed by atoms with Crippen molar-refractivity contribution in [3.05, 3.63) is 23.3 Å². The maximum absolute atomic E-state index is 13.7. The first-order chi connectivity index (χ1) is 19.1. The number of allylic oxidation sites excluding steroid dienone is 3. The van der Waals surface area contributed by atoms with E-state index >= 15 is 0 Å². The molecule has 1 N–H and O–H groups in total. The summed E-state index contributed by atoms with van der Waals surface area (Å²) in [5, 5.41) is 7.85. The molecule has 0 fully saturated rings. The quantitative estimate of drug-likeness (QED) is 0.123. The zero-order chi connectivity index (χ0) is 37.4. The summed E-state index contributed by atoms with van der Waals surface area (Å²) in [5.41, 5.74) is 0. The lowest BCUT2D eigenvalue weighted by molar-refractivity contribution is -0.478. The van der Waals surface area contributed by atoms with Crippen LogP contribution in [0.1, 0.15) is 0 Å². The van der Waals surface area contributed by atoms with E-state index in [1.165, 1.54) is 0 Å². The van der Waals surface area contributed by atoms with Gasteiger partial charge in [0.2, 0.25) is 17.5 Å². The zero-order valence-corrected chi connectivity index (χ0v) is 19.1. The van der Waals surface area contributed by atoms with Crippen LogP contribution in [0, 0.1) is 0 Å². The highest BCUT2D eigenvalue weighted by Crippen LogP contribution is 2.67. The van der Waals surface area contributed by atoms with Crippen molar-refractivity contribution in [1.29, 1.82) is 0 Å². The van der Waals surface area contributed by atoms with Crippen LogP contribution in [0.2, 0.25) is 0 Å².